The van der Waals surface area contributed by atoms with Gasteiger partial charge in [0.05, 0.1) is 29.1 Å². The smallest absolute Gasteiger partial charge is 0.299 e. The van der Waals surface area contributed by atoms with E-state index in [0.29, 0.717) is 38.6 Å². The molecule has 0 radical (unpaired) electrons. The summed E-state index contributed by atoms with van der Waals surface area (Å²) in [5, 5.41) is 22.1. The Morgan fingerprint density at radius 1 is 1.18 bits per heavy atom. The third kappa shape index (κ3) is 2.60. The first-order valence-corrected chi connectivity index (χ1v) is 6.90. The van der Waals surface area contributed by atoms with Crippen LogP contribution in [-0.2, 0) is 9.47 Å². The largest absolute Gasteiger partial charge is 0.378 e. The van der Waals surface area contributed by atoms with Gasteiger partial charge in [-0.1, -0.05) is 0 Å². The molecular weight excluding hydrogens is 294 g/mol. The second-order valence-electron chi connectivity index (χ2n) is 5.44. The molecule has 118 valence electrons. The third-order valence-electron chi connectivity index (χ3n) is 4.02. The number of nitro groups is 2. The summed E-state index contributed by atoms with van der Waals surface area (Å²) in [6.45, 7) is 2.49. The molecule has 0 aliphatic carbocycles. The first kappa shape index (κ1) is 14.7. The molecule has 1 atom stereocenters. The minimum absolute atomic E-state index is 0.259. The van der Waals surface area contributed by atoms with Crippen LogP contribution in [0.5, 0.6) is 0 Å². The Hall–Kier alpha value is -2.26. The quantitative estimate of drug-likeness (QED) is 0.615. The fourth-order valence-corrected chi connectivity index (χ4v) is 2.92. The molecule has 0 bridgehead atoms. The molecule has 2 fully saturated rings. The normalized spacial score (nSPS) is 24.6. The summed E-state index contributed by atoms with van der Waals surface area (Å²) in [6, 6.07) is 3.73. The predicted molar refractivity (Wildman–Crippen MR) is 76.1 cm³/mol. The maximum Gasteiger partial charge on any atom is 0.299 e. The van der Waals surface area contributed by atoms with Crippen molar-refractivity contribution < 1.29 is 19.3 Å². The number of nitro benzene ring substituents is 2. The van der Waals surface area contributed by atoms with E-state index in [2.05, 4.69) is 0 Å². The first-order valence-electron chi connectivity index (χ1n) is 6.90. The summed E-state index contributed by atoms with van der Waals surface area (Å²) in [6.07, 6.45) is 0.740. The van der Waals surface area contributed by atoms with Gasteiger partial charge in [-0.3, -0.25) is 20.2 Å². The predicted octanol–water partition coefficient (Wildman–Crippen LogP) is 1.50. The maximum atomic E-state index is 11.3. The average molecular weight is 309 g/mol. The van der Waals surface area contributed by atoms with Crippen molar-refractivity contribution in [1.29, 1.82) is 0 Å². The zero-order valence-corrected chi connectivity index (χ0v) is 11.8. The minimum atomic E-state index is -0.637. The van der Waals surface area contributed by atoms with Crippen LogP contribution < -0.4 is 4.90 Å². The molecule has 22 heavy (non-hydrogen) atoms. The molecule has 2 aliphatic rings. The first-order chi connectivity index (χ1) is 10.5. The monoisotopic (exact) mass is 309 g/mol. The Labute approximate surface area is 125 Å². The highest BCUT2D eigenvalue weighted by Crippen LogP contribution is 2.36. The van der Waals surface area contributed by atoms with Crippen molar-refractivity contribution in [1.82, 2.24) is 0 Å². The summed E-state index contributed by atoms with van der Waals surface area (Å²) in [5.74, 6) is 0. The molecule has 1 aromatic rings. The van der Waals surface area contributed by atoms with Gasteiger partial charge in [-0.15, -0.1) is 0 Å². The van der Waals surface area contributed by atoms with Crippen LogP contribution in [0.1, 0.15) is 6.42 Å². The Morgan fingerprint density at radius 3 is 2.64 bits per heavy atom. The molecule has 0 aromatic heterocycles. The zero-order valence-electron chi connectivity index (χ0n) is 11.8. The van der Waals surface area contributed by atoms with E-state index < -0.39 is 15.4 Å². The molecule has 1 spiro atoms. The van der Waals surface area contributed by atoms with E-state index in [1.807, 2.05) is 4.90 Å². The molecular formula is C13H15N3O6. The highest BCUT2D eigenvalue weighted by atomic mass is 16.6. The summed E-state index contributed by atoms with van der Waals surface area (Å²) in [5.41, 5.74) is -0.605. The van der Waals surface area contributed by atoms with Gasteiger partial charge in [0.25, 0.3) is 11.4 Å². The standard InChI is InChI=1S/C13H15N3O6/c17-15(18)10-1-2-11(12(7-10)16(19)20)14-4-6-22-13(8-14)3-5-21-9-13/h1-2,7H,3-6,8-9H2. The molecule has 9 nitrogen and oxygen atoms in total. The molecule has 2 aliphatic heterocycles. The van der Waals surface area contributed by atoms with E-state index in [4.69, 9.17) is 9.47 Å². The number of morpholine rings is 1. The molecule has 1 aromatic carbocycles. The Balaban J connectivity index is 1.93. The number of non-ortho nitro benzene ring substituents is 1. The summed E-state index contributed by atoms with van der Waals surface area (Å²) in [7, 11) is 0. The van der Waals surface area contributed by atoms with Crippen molar-refractivity contribution in [2.75, 3.05) is 37.8 Å². The molecule has 2 saturated heterocycles. The van der Waals surface area contributed by atoms with E-state index >= 15 is 0 Å². The molecule has 1 unspecified atom stereocenters. The van der Waals surface area contributed by atoms with Gasteiger partial charge in [-0.05, 0) is 6.07 Å². The van der Waals surface area contributed by atoms with Crippen molar-refractivity contribution in [2.45, 2.75) is 12.0 Å². The number of hydrogen-bond donors (Lipinski definition) is 0. The van der Waals surface area contributed by atoms with Crippen molar-refractivity contribution in [3.05, 3.63) is 38.4 Å². The van der Waals surface area contributed by atoms with Crippen LogP contribution in [0, 0.1) is 20.2 Å². The molecule has 3 rings (SSSR count). The highest BCUT2D eigenvalue weighted by Gasteiger charge is 2.41. The SMILES string of the molecule is O=[N+]([O-])c1ccc(N2CCOC3(CCOC3)C2)c([N+](=O)[O-])c1. The molecule has 2 heterocycles. The Bertz CT molecular complexity index is 614. The van der Waals surface area contributed by atoms with E-state index in [9.17, 15) is 20.2 Å². The highest BCUT2D eigenvalue weighted by molar-refractivity contribution is 5.67. The Kier molecular flexibility index (Phi) is 3.67. The van der Waals surface area contributed by atoms with Crippen LogP contribution in [0.3, 0.4) is 0 Å². The lowest BCUT2D eigenvalue weighted by Gasteiger charge is -2.40. The Morgan fingerprint density at radius 2 is 2.00 bits per heavy atom. The topological polar surface area (TPSA) is 108 Å². The van der Waals surface area contributed by atoms with Gasteiger partial charge in [0.2, 0.25) is 0 Å². The maximum absolute atomic E-state index is 11.3. The lowest BCUT2D eigenvalue weighted by molar-refractivity contribution is -0.393. The molecule has 0 saturated carbocycles. The fourth-order valence-electron chi connectivity index (χ4n) is 2.92. The third-order valence-corrected chi connectivity index (χ3v) is 4.02. The summed E-state index contributed by atoms with van der Waals surface area (Å²) >= 11 is 0. The number of hydrogen-bond acceptors (Lipinski definition) is 7. The van der Waals surface area contributed by atoms with Crippen LogP contribution in [0.25, 0.3) is 0 Å². The van der Waals surface area contributed by atoms with Gasteiger partial charge in [0.1, 0.15) is 11.3 Å². The van der Waals surface area contributed by atoms with E-state index in [1.165, 1.54) is 12.1 Å². The van der Waals surface area contributed by atoms with Gasteiger partial charge in [-0.25, -0.2) is 0 Å². The summed E-state index contributed by atoms with van der Waals surface area (Å²) in [4.78, 5) is 22.7. The molecule has 0 amide bonds. The zero-order chi connectivity index (χ0) is 15.7. The van der Waals surface area contributed by atoms with E-state index in [0.717, 1.165) is 12.5 Å². The number of ether oxygens (including phenoxy) is 2. The van der Waals surface area contributed by atoms with Gasteiger partial charge in [-0.2, -0.15) is 0 Å². The van der Waals surface area contributed by atoms with E-state index in [-0.39, 0.29) is 11.4 Å². The van der Waals surface area contributed by atoms with Crippen molar-refractivity contribution in [2.24, 2.45) is 0 Å². The summed E-state index contributed by atoms with van der Waals surface area (Å²) < 4.78 is 11.2. The molecule has 9 heteroatoms. The lowest BCUT2D eigenvalue weighted by atomic mass is 10.00. The molecule has 0 N–H and O–H groups in total. The van der Waals surface area contributed by atoms with Crippen LogP contribution in [-0.4, -0.2) is 48.4 Å². The lowest BCUT2D eigenvalue weighted by Crippen LogP contribution is -2.52. The van der Waals surface area contributed by atoms with Crippen LogP contribution >= 0.6 is 0 Å². The van der Waals surface area contributed by atoms with Crippen molar-refractivity contribution in [3.8, 4) is 0 Å². The number of anilines is 1. The van der Waals surface area contributed by atoms with Crippen molar-refractivity contribution in [3.63, 3.8) is 0 Å². The van der Waals surface area contributed by atoms with Gasteiger partial charge in [0.15, 0.2) is 0 Å². The minimum Gasteiger partial charge on any atom is -0.378 e. The van der Waals surface area contributed by atoms with E-state index in [1.54, 1.807) is 0 Å². The number of benzene rings is 1. The van der Waals surface area contributed by atoms with Crippen LogP contribution in [0.15, 0.2) is 18.2 Å². The van der Waals surface area contributed by atoms with Gasteiger partial charge in [0, 0.05) is 32.2 Å². The van der Waals surface area contributed by atoms with Gasteiger partial charge >= 0.3 is 0 Å². The van der Waals surface area contributed by atoms with Crippen LogP contribution in [0.4, 0.5) is 17.1 Å². The fraction of sp³-hybridized carbons (Fsp3) is 0.538. The van der Waals surface area contributed by atoms with Gasteiger partial charge < -0.3 is 14.4 Å². The van der Waals surface area contributed by atoms with Crippen molar-refractivity contribution >= 4 is 17.1 Å². The number of rotatable bonds is 3. The van der Waals surface area contributed by atoms with Crippen LogP contribution in [0.2, 0.25) is 0 Å². The second kappa shape index (κ2) is 5.50. The average Bonchev–Trinajstić information content (AvgIpc) is 2.94. The second-order valence-corrected chi connectivity index (χ2v) is 5.44. The number of nitrogens with zero attached hydrogens (tertiary/aromatic N) is 3.